The number of methoxy groups -OCH3 is 1. The van der Waals surface area contributed by atoms with Crippen molar-refractivity contribution in [3.8, 4) is 16.9 Å². The second-order valence-corrected chi connectivity index (χ2v) is 7.32. The summed E-state index contributed by atoms with van der Waals surface area (Å²) in [6, 6.07) is 9.12. The van der Waals surface area contributed by atoms with E-state index in [1.165, 1.54) is 16.0 Å². The third kappa shape index (κ3) is 3.82. The standard InChI is InChI=1S/C20H19N5O3S/c1-13-12-29-20(21-13)22-18(26)15-10-24(8-9-28-2)11-16-17(15)23-25(19(16)27)14-6-4-3-5-7-14/h3-7,10-12H,8-9H2,1-2H3,(H,21,22,26). The second kappa shape index (κ2) is 7.98. The van der Waals surface area contributed by atoms with Gasteiger partial charge in [0.25, 0.3) is 11.5 Å². The number of ether oxygens (including phenoxy) is 1. The van der Waals surface area contributed by atoms with Crippen LogP contribution in [0, 0.1) is 6.92 Å². The number of thiazole rings is 1. The third-order valence-corrected chi connectivity index (χ3v) is 5.24. The van der Waals surface area contributed by atoms with Gasteiger partial charge in [0.05, 0.1) is 29.1 Å². The Morgan fingerprint density at radius 1 is 1.24 bits per heavy atom. The highest BCUT2D eigenvalue weighted by atomic mass is 32.1. The number of aromatic nitrogens is 4. The van der Waals surface area contributed by atoms with Crippen LogP contribution in [0.3, 0.4) is 0 Å². The topological polar surface area (TPSA) is 91.0 Å². The van der Waals surface area contributed by atoms with E-state index in [1.807, 2.05) is 30.5 Å². The van der Waals surface area contributed by atoms with Crippen LogP contribution in [0.25, 0.3) is 16.9 Å². The van der Waals surface area contributed by atoms with Crippen molar-refractivity contribution in [2.24, 2.45) is 0 Å². The van der Waals surface area contributed by atoms with E-state index in [0.29, 0.717) is 40.8 Å². The maximum Gasteiger partial charge on any atom is 0.282 e. The van der Waals surface area contributed by atoms with Crippen LogP contribution in [0.4, 0.5) is 5.13 Å². The molecule has 29 heavy (non-hydrogen) atoms. The zero-order valence-corrected chi connectivity index (χ0v) is 16.8. The van der Waals surface area contributed by atoms with Gasteiger partial charge in [0, 0.05) is 31.4 Å². The monoisotopic (exact) mass is 409 g/mol. The molecule has 0 spiro atoms. The van der Waals surface area contributed by atoms with Crippen LogP contribution in [-0.2, 0) is 11.3 Å². The highest BCUT2D eigenvalue weighted by Gasteiger charge is 2.25. The molecular weight excluding hydrogens is 390 g/mol. The van der Waals surface area contributed by atoms with Gasteiger partial charge < -0.3 is 9.30 Å². The van der Waals surface area contributed by atoms with Crippen molar-refractivity contribution in [2.75, 3.05) is 19.0 Å². The minimum absolute atomic E-state index is 0.280. The molecule has 3 heterocycles. The Labute approximate surface area is 170 Å². The number of anilines is 1. The summed E-state index contributed by atoms with van der Waals surface area (Å²) in [7, 11) is 1.60. The molecule has 1 amide bonds. The number of hydrogen-bond donors (Lipinski definition) is 1. The molecule has 0 radical (unpaired) electrons. The number of pyridine rings is 1. The van der Waals surface area contributed by atoms with Crippen molar-refractivity contribution in [2.45, 2.75) is 13.5 Å². The summed E-state index contributed by atoms with van der Waals surface area (Å²) in [5.74, 6) is -0.367. The molecule has 0 fully saturated rings. The average molecular weight is 409 g/mol. The summed E-state index contributed by atoms with van der Waals surface area (Å²) < 4.78 is 8.22. The highest BCUT2D eigenvalue weighted by molar-refractivity contribution is 7.13. The van der Waals surface area contributed by atoms with Crippen molar-refractivity contribution in [3.05, 3.63) is 69.7 Å². The number of aryl methyl sites for hydroxylation is 1. The van der Waals surface area contributed by atoms with E-state index in [-0.39, 0.29) is 11.5 Å². The fourth-order valence-corrected chi connectivity index (χ4v) is 3.66. The van der Waals surface area contributed by atoms with Crippen LogP contribution < -0.4 is 10.9 Å². The highest BCUT2D eigenvalue weighted by Crippen LogP contribution is 2.24. The summed E-state index contributed by atoms with van der Waals surface area (Å²) in [5.41, 5.74) is 2.20. The molecule has 2 aliphatic rings. The SMILES string of the molecule is COCCn1cc(C(=O)Nc2nc(C)cs2)c2nn(-c3ccccc3)c(=O)c-2c1. The molecular formula is C20H19N5O3S. The van der Waals surface area contributed by atoms with Gasteiger partial charge in [-0.3, -0.25) is 14.9 Å². The first-order valence-electron chi connectivity index (χ1n) is 8.97. The summed E-state index contributed by atoms with van der Waals surface area (Å²) >= 11 is 1.34. The Morgan fingerprint density at radius 3 is 2.72 bits per heavy atom. The van der Waals surface area contributed by atoms with Crippen molar-refractivity contribution >= 4 is 22.4 Å². The lowest BCUT2D eigenvalue weighted by Gasteiger charge is -2.11. The van der Waals surface area contributed by atoms with Crippen LogP contribution in [-0.4, -0.2) is 39.0 Å². The summed E-state index contributed by atoms with van der Waals surface area (Å²) in [6.45, 7) is 2.81. The van der Waals surface area contributed by atoms with Gasteiger partial charge in [-0.25, -0.2) is 4.98 Å². The smallest absolute Gasteiger partial charge is 0.282 e. The van der Waals surface area contributed by atoms with Crippen LogP contribution in [0.1, 0.15) is 16.1 Å². The number of rotatable bonds is 6. The zero-order chi connectivity index (χ0) is 20.4. The van der Waals surface area contributed by atoms with E-state index in [4.69, 9.17) is 4.74 Å². The molecule has 148 valence electrons. The van der Waals surface area contributed by atoms with Crippen LogP contribution >= 0.6 is 11.3 Å². The fourth-order valence-electron chi connectivity index (χ4n) is 2.97. The van der Waals surface area contributed by atoms with Gasteiger partial charge >= 0.3 is 0 Å². The van der Waals surface area contributed by atoms with Crippen molar-refractivity contribution < 1.29 is 9.53 Å². The number of hydrogen-bond acceptors (Lipinski definition) is 6. The molecule has 4 rings (SSSR count). The van der Waals surface area contributed by atoms with E-state index in [9.17, 15) is 9.59 Å². The van der Waals surface area contributed by atoms with Crippen molar-refractivity contribution in [1.29, 1.82) is 0 Å². The number of benzene rings is 1. The first-order chi connectivity index (χ1) is 14.1. The first kappa shape index (κ1) is 19.0. The number of carbonyl (C=O) groups is 1. The molecule has 1 aromatic heterocycles. The molecule has 2 aromatic rings. The quantitative estimate of drug-likeness (QED) is 0.529. The molecule has 9 heteroatoms. The Kier molecular flexibility index (Phi) is 5.24. The van der Waals surface area contributed by atoms with E-state index in [0.717, 1.165) is 5.69 Å². The van der Waals surface area contributed by atoms with E-state index >= 15 is 0 Å². The zero-order valence-electron chi connectivity index (χ0n) is 16.0. The van der Waals surface area contributed by atoms with Crippen LogP contribution in [0.15, 0.2) is 52.9 Å². The molecule has 1 aromatic carbocycles. The number of nitrogens with one attached hydrogen (secondary N) is 1. The molecule has 0 bridgehead atoms. The fraction of sp³-hybridized carbons (Fsp3) is 0.200. The molecule has 2 aliphatic heterocycles. The maximum atomic E-state index is 13.0. The number of amides is 1. The predicted octanol–water partition coefficient (Wildman–Crippen LogP) is 2.80. The number of fused-ring (bicyclic) bond motifs is 1. The van der Waals surface area contributed by atoms with E-state index in [1.54, 1.807) is 36.2 Å². The van der Waals surface area contributed by atoms with Gasteiger partial charge in [-0.05, 0) is 19.1 Å². The summed E-state index contributed by atoms with van der Waals surface area (Å²) in [6.07, 6.45) is 3.38. The second-order valence-electron chi connectivity index (χ2n) is 6.47. The van der Waals surface area contributed by atoms with Gasteiger partial charge in [0.1, 0.15) is 5.69 Å². The summed E-state index contributed by atoms with van der Waals surface area (Å²) in [4.78, 5) is 30.3. The van der Waals surface area contributed by atoms with Crippen LogP contribution in [0.5, 0.6) is 0 Å². The molecule has 1 N–H and O–H groups in total. The lowest BCUT2D eigenvalue weighted by Crippen LogP contribution is -2.18. The van der Waals surface area contributed by atoms with E-state index < -0.39 is 0 Å². The Morgan fingerprint density at radius 2 is 2.03 bits per heavy atom. The van der Waals surface area contributed by atoms with Crippen molar-refractivity contribution in [3.63, 3.8) is 0 Å². The molecule has 0 atom stereocenters. The number of carbonyl (C=O) groups excluding carboxylic acids is 1. The lowest BCUT2D eigenvalue weighted by atomic mass is 10.1. The Hall–Kier alpha value is -3.30. The van der Waals surface area contributed by atoms with Gasteiger partial charge in [0.15, 0.2) is 5.13 Å². The van der Waals surface area contributed by atoms with Crippen LogP contribution in [0.2, 0.25) is 0 Å². The largest absolute Gasteiger partial charge is 0.383 e. The molecule has 0 aliphatic carbocycles. The molecule has 8 nitrogen and oxygen atoms in total. The van der Waals surface area contributed by atoms with Crippen molar-refractivity contribution in [1.82, 2.24) is 19.3 Å². The summed E-state index contributed by atoms with van der Waals surface area (Å²) in [5, 5.41) is 9.60. The van der Waals surface area contributed by atoms with Gasteiger partial charge in [-0.15, -0.1) is 11.3 Å². The number of nitrogens with zero attached hydrogens (tertiary/aromatic N) is 4. The Balaban J connectivity index is 1.82. The lowest BCUT2D eigenvalue weighted by molar-refractivity contribution is 0.102. The van der Waals surface area contributed by atoms with Gasteiger partial charge in [-0.1, -0.05) is 18.2 Å². The molecule has 0 saturated heterocycles. The van der Waals surface area contributed by atoms with Gasteiger partial charge in [0.2, 0.25) is 0 Å². The normalized spacial score (nSPS) is 11.1. The minimum atomic E-state index is -0.367. The first-order valence-corrected chi connectivity index (χ1v) is 9.85. The third-order valence-electron chi connectivity index (χ3n) is 4.36. The average Bonchev–Trinajstić information content (AvgIpc) is 3.29. The predicted molar refractivity (Wildman–Crippen MR) is 111 cm³/mol. The minimum Gasteiger partial charge on any atom is -0.383 e. The molecule has 0 unspecified atom stereocenters. The molecule has 0 saturated carbocycles. The number of para-hydroxylation sites is 1. The Bertz CT molecular complexity index is 1180. The maximum absolute atomic E-state index is 13.0. The van der Waals surface area contributed by atoms with Gasteiger partial charge in [-0.2, -0.15) is 9.78 Å². The van der Waals surface area contributed by atoms with E-state index in [2.05, 4.69) is 15.4 Å².